The Balaban J connectivity index is 3.83. The van der Waals surface area contributed by atoms with Crippen LogP contribution >= 0.6 is 0 Å². The van der Waals surface area contributed by atoms with Crippen LogP contribution in [0.1, 0.15) is 27.7 Å². The van der Waals surface area contributed by atoms with Crippen molar-refractivity contribution in [2.24, 2.45) is 0 Å². The summed E-state index contributed by atoms with van der Waals surface area (Å²) in [5, 5.41) is 2.76. The zero-order valence-electron chi connectivity index (χ0n) is 10.0. The molecule has 0 saturated carbocycles. The Morgan fingerprint density at radius 1 is 1.43 bits per heavy atom. The van der Waals surface area contributed by atoms with Gasteiger partial charge in [-0.2, -0.15) is 0 Å². The maximum atomic E-state index is 11.3. The molecule has 0 heterocycles. The van der Waals surface area contributed by atoms with Crippen LogP contribution < -0.4 is 5.32 Å². The molecule has 0 spiro atoms. The topological polar surface area (TPSA) is 41.6 Å². The third-order valence-corrected chi connectivity index (χ3v) is 1.40. The van der Waals surface area contributed by atoms with Crippen LogP contribution in [-0.2, 0) is 4.74 Å². The predicted octanol–water partition coefficient (Wildman–Crippen LogP) is 1.46. The van der Waals surface area contributed by atoms with Gasteiger partial charge in [-0.05, 0) is 41.8 Å². The number of ether oxygens (including phenoxy) is 1. The molecule has 14 heavy (non-hydrogen) atoms. The Kier molecular flexibility index (Phi) is 4.91. The standard InChI is InChI=1S/C10H22N2O2/c1-8(7-12(5)6)11-9(13)14-10(2,3)4/h8H,7H2,1-6H3,(H,11,13)/t8-/m1/s1. The van der Waals surface area contributed by atoms with Crippen LogP contribution in [-0.4, -0.2) is 43.3 Å². The molecule has 1 N–H and O–H groups in total. The quantitative estimate of drug-likeness (QED) is 0.753. The molecule has 0 bridgehead atoms. The fourth-order valence-corrected chi connectivity index (χ4v) is 1.10. The lowest BCUT2D eigenvalue weighted by molar-refractivity contribution is 0.0502. The minimum atomic E-state index is -0.429. The monoisotopic (exact) mass is 202 g/mol. The summed E-state index contributed by atoms with van der Waals surface area (Å²) in [5.41, 5.74) is -0.429. The zero-order valence-corrected chi connectivity index (χ0v) is 10.0. The molecule has 0 aromatic carbocycles. The largest absolute Gasteiger partial charge is 0.444 e. The fourth-order valence-electron chi connectivity index (χ4n) is 1.10. The molecule has 0 unspecified atom stereocenters. The second kappa shape index (κ2) is 5.20. The summed E-state index contributed by atoms with van der Waals surface area (Å²) in [6.07, 6.45) is -0.355. The minimum Gasteiger partial charge on any atom is -0.444 e. The molecule has 0 aliphatic rings. The molecule has 0 rings (SSSR count). The van der Waals surface area contributed by atoms with E-state index in [2.05, 4.69) is 5.32 Å². The highest BCUT2D eigenvalue weighted by Gasteiger charge is 2.17. The van der Waals surface area contributed by atoms with Gasteiger partial charge >= 0.3 is 6.09 Å². The molecule has 1 amide bonds. The van der Waals surface area contributed by atoms with Gasteiger partial charge in [-0.1, -0.05) is 0 Å². The molecule has 0 aliphatic heterocycles. The number of likely N-dealkylation sites (N-methyl/N-ethyl adjacent to an activating group) is 1. The molecule has 4 heteroatoms. The van der Waals surface area contributed by atoms with E-state index in [-0.39, 0.29) is 12.1 Å². The van der Waals surface area contributed by atoms with E-state index in [0.29, 0.717) is 0 Å². The second-order valence-electron chi connectivity index (χ2n) is 4.81. The molecular weight excluding hydrogens is 180 g/mol. The van der Waals surface area contributed by atoms with Crippen molar-refractivity contribution >= 4 is 6.09 Å². The first-order chi connectivity index (χ1) is 6.20. The maximum Gasteiger partial charge on any atom is 0.407 e. The van der Waals surface area contributed by atoms with Gasteiger partial charge in [-0.15, -0.1) is 0 Å². The molecule has 4 nitrogen and oxygen atoms in total. The Bertz CT molecular complexity index is 185. The summed E-state index contributed by atoms with van der Waals surface area (Å²) in [4.78, 5) is 13.3. The number of carbonyl (C=O) groups is 1. The van der Waals surface area contributed by atoms with E-state index in [4.69, 9.17) is 4.74 Å². The second-order valence-corrected chi connectivity index (χ2v) is 4.81. The van der Waals surface area contributed by atoms with Crippen LogP contribution in [0, 0.1) is 0 Å². The zero-order chi connectivity index (χ0) is 11.4. The van der Waals surface area contributed by atoms with E-state index in [1.54, 1.807) is 0 Å². The molecule has 0 aromatic rings. The van der Waals surface area contributed by atoms with E-state index in [1.807, 2.05) is 46.7 Å². The summed E-state index contributed by atoms with van der Waals surface area (Å²) in [7, 11) is 3.93. The van der Waals surface area contributed by atoms with E-state index >= 15 is 0 Å². The van der Waals surface area contributed by atoms with Crippen molar-refractivity contribution in [2.45, 2.75) is 39.3 Å². The van der Waals surface area contributed by atoms with Gasteiger partial charge in [-0.25, -0.2) is 4.79 Å². The Morgan fingerprint density at radius 2 is 1.93 bits per heavy atom. The van der Waals surface area contributed by atoms with Gasteiger partial charge in [0.15, 0.2) is 0 Å². The third-order valence-electron chi connectivity index (χ3n) is 1.40. The number of nitrogens with one attached hydrogen (secondary N) is 1. The van der Waals surface area contributed by atoms with E-state index in [0.717, 1.165) is 6.54 Å². The molecule has 1 atom stereocenters. The molecule has 0 fully saturated rings. The molecule has 0 aliphatic carbocycles. The lowest BCUT2D eigenvalue weighted by atomic mass is 10.2. The summed E-state index contributed by atoms with van der Waals surface area (Å²) < 4.78 is 5.12. The normalized spacial score (nSPS) is 13.9. The molecule has 84 valence electrons. The van der Waals surface area contributed by atoms with Gasteiger partial charge in [0.05, 0.1) is 0 Å². The van der Waals surface area contributed by atoms with Crippen LogP contribution in [0.4, 0.5) is 4.79 Å². The number of amides is 1. The van der Waals surface area contributed by atoms with E-state index in [9.17, 15) is 4.79 Å². The third kappa shape index (κ3) is 7.86. The highest BCUT2D eigenvalue weighted by atomic mass is 16.6. The highest BCUT2D eigenvalue weighted by Crippen LogP contribution is 2.06. The van der Waals surface area contributed by atoms with Gasteiger partial charge in [0, 0.05) is 12.6 Å². The average Bonchev–Trinajstić information content (AvgIpc) is 1.77. The van der Waals surface area contributed by atoms with Gasteiger partial charge in [-0.3, -0.25) is 0 Å². The number of hydrogen-bond acceptors (Lipinski definition) is 3. The number of alkyl carbamates (subject to hydrolysis) is 1. The lowest BCUT2D eigenvalue weighted by Crippen LogP contribution is -2.42. The molecule has 0 saturated heterocycles. The Labute approximate surface area is 86.6 Å². The predicted molar refractivity (Wildman–Crippen MR) is 57.4 cm³/mol. The number of rotatable bonds is 3. The molecule has 0 aromatic heterocycles. The fraction of sp³-hybridized carbons (Fsp3) is 0.900. The van der Waals surface area contributed by atoms with Gasteiger partial charge in [0.2, 0.25) is 0 Å². The first kappa shape index (κ1) is 13.2. The maximum absolute atomic E-state index is 11.3. The van der Waals surface area contributed by atoms with Crippen molar-refractivity contribution < 1.29 is 9.53 Å². The number of carbonyl (C=O) groups excluding carboxylic acids is 1. The van der Waals surface area contributed by atoms with Gasteiger partial charge < -0.3 is 15.0 Å². The van der Waals surface area contributed by atoms with Crippen molar-refractivity contribution in [3.63, 3.8) is 0 Å². The first-order valence-electron chi connectivity index (χ1n) is 4.85. The smallest absolute Gasteiger partial charge is 0.407 e. The summed E-state index contributed by atoms with van der Waals surface area (Å²) in [6, 6.07) is 0.0971. The van der Waals surface area contributed by atoms with Crippen molar-refractivity contribution in [2.75, 3.05) is 20.6 Å². The highest BCUT2D eigenvalue weighted by molar-refractivity contribution is 5.68. The van der Waals surface area contributed by atoms with E-state index < -0.39 is 5.60 Å². The first-order valence-corrected chi connectivity index (χ1v) is 4.85. The van der Waals surface area contributed by atoms with Crippen LogP contribution in [0.15, 0.2) is 0 Å². The van der Waals surface area contributed by atoms with Crippen molar-refractivity contribution in [3.8, 4) is 0 Å². The SMILES string of the molecule is C[C@H](CN(C)C)NC(=O)OC(C)(C)C. The van der Waals surface area contributed by atoms with Crippen molar-refractivity contribution in [3.05, 3.63) is 0 Å². The lowest BCUT2D eigenvalue weighted by Gasteiger charge is -2.23. The van der Waals surface area contributed by atoms with Crippen molar-refractivity contribution in [1.29, 1.82) is 0 Å². The van der Waals surface area contributed by atoms with Crippen LogP contribution in [0.25, 0.3) is 0 Å². The van der Waals surface area contributed by atoms with Crippen LogP contribution in [0.5, 0.6) is 0 Å². The molecule has 0 radical (unpaired) electrons. The summed E-state index contributed by atoms with van der Waals surface area (Å²) >= 11 is 0. The number of hydrogen-bond donors (Lipinski definition) is 1. The van der Waals surface area contributed by atoms with E-state index in [1.165, 1.54) is 0 Å². The summed E-state index contributed by atoms with van der Waals surface area (Å²) in [6.45, 7) is 8.30. The van der Waals surface area contributed by atoms with Crippen LogP contribution in [0.3, 0.4) is 0 Å². The van der Waals surface area contributed by atoms with Crippen LogP contribution in [0.2, 0.25) is 0 Å². The Morgan fingerprint density at radius 3 is 2.29 bits per heavy atom. The molecular formula is C10H22N2O2. The number of nitrogens with zero attached hydrogens (tertiary/aromatic N) is 1. The minimum absolute atomic E-state index is 0.0971. The van der Waals surface area contributed by atoms with Gasteiger partial charge in [0.1, 0.15) is 5.60 Å². The average molecular weight is 202 g/mol. The summed E-state index contributed by atoms with van der Waals surface area (Å²) in [5.74, 6) is 0. The van der Waals surface area contributed by atoms with Crippen molar-refractivity contribution in [1.82, 2.24) is 10.2 Å². The van der Waals surface area contributed by atoms with Gasteiger partial charge in [0.25, 0.3) is 0 Å². The Hall–Kier alpha value is -0.770.